The van der Waals surface area contributed by atoms with Gasteiger partial charge in [-0.15, -0.1) is 0 Å². The summed E-state index contributed by atoms with van der Waals surface area (Å²) in [5.41, 5.74) is 0.378. The van der Waals surface area contributed by atoms with Crippen LogP contribution in [0.2, 0.25) is 0 Å². The van der Waals surface area contributed by atoms with Gasteiger partial charge in [-0.1, -0.05) is 26.7 Å². The first-order valence-electron chi connectivity index (χ1n) is 8.18. The Morgan fingerprint density at radius 2 is 1.78 bits per heavy atom. The zero-order valence-corrected chi connectivity index (χ0v) is 12.7. The largest absolute Gasteiger partial charge is 0.310 e. The molecule has 0 radical (unpaired) electrons. The smallest absolute Gasteiger partial charge is 0.0303 e. The van der Waals surface area contributed by atoms with Crippen LogP contribution in [0.4, 0.5) is 0 Å². The molecule has 1 N–H and O–H groups in total. The highest BCUT2D eigenvalue weighted by molar-refractivity contribution is 4.93. The quantitative estimate of drug-likeness (QED) is 0.825. The minimum absolute atomic E-state index is 0.378. The van der Waals surface area contributed by atoms with Crippen molar-refractivity contribution in [2.75, 3.05) is 19.6 Å². The molecule has 1 saturated heterocycles. The molecule has 2 aliphatic rings. The van der Waals surface area contributed by atoms with Gasteiger partial charge in [0.25, 0.3) is 0 Å². The first kappa shape index (κ1) is 14.3. The Morgan fingerprint density at radius 1 is 1.11 bits per heavy atom. The van der Waals surface area contributed by atoms with Crippen molar-refractivity contribution in [3.63, 3.8) is 0 Å². The van der Waals surface area contributed by atoms with Gasteiger partial charge < -0.3 is 5.32 Å². The number of hydrogen-bond acceptors (Lipinski definition) is 2. The van der Waals surface area contributed by atoms with E-state index in [-0.39, 0.29) is 0 Å². The molecule has 1 heterocycles. The van der Waals surface area contributed by atoms with Crippen molar-refractivity contribution in [2.45, 2.75) is 77.3 Å². The van der Waals surface area contributed by atoms with E-state index in [1.807, 2.05) is 0 Å². The lowest BCUT2D eigenvalue weighted by molar-refractivity contribution is 0.138. The average Bonchev–Trinajstić information content (AvgIpc) is 2.83. The van der Waals surface area contributed by atoms with Gasteiger partial charge in [-0.2, -0.15) is 0 Å². The monoisotopic (exact) mass is 252 g/mol. The molecule has 1 aliphatic heterocycles. The average molecular weight is 252 g/mol. The molecule has 0 bridgehead atoms. The van der Waals surface area contributed by atoms with Gasteiger partial charge in [-0.3, -0.25) is 4.90 Å². The predicted molar refractivity (Wildman–Crippen MR) is 78.9 cm³/mol. The van der Waals surface area contributed by atoms with Gasteiger partial charge >= 0.3 is 0 Å². The second kappa shape index (κ2) is 6.38. The fourth-order valence-corrected chi connectivity index (χ4v) is 3.82. The van der Waals surface area contributed by atoms with Crippen molar-refractivity contribution in [1.29, 1.82) is 0 Å². The van der Waals surface area contributed by atoms with Crippen LogP contribution in [0, 0.1) is 5.92 Å². The van der Waals surface area contributed by atoms with E-state index >= 15 is 0 Å². The fourth-order valence-electron chi connectivity index (χ4n) is 3.82. The number of nitrogens with one attached hydrogen (secondary N) is 1. The molecule has 18 heavy (non-hydrogen) atoms. The lowest BCUT2D eigenvalue weighted by atomic mass is 9.91. The molecule has 0 aromatic rings. The highest BCUT2D eigenvalue weighted by Gasteiger charge is 2.34. The normalized spacial score (nSPS) is 30.5. The lowest BCUT2D eigenvalue weighted by Gasteiger charge is -2.38. The Kier molecular flexibility index (Phi) is 5.08. The van der Waals surface area contributed by atoms with Gasteiger partial charge in [0.05, 0.1) is 0 Å². The summed E-state index contributed by atoms with van der Waals surface area (Å²) in [7, 11) is 0. The van der Waals surface area contributed by atoms with Crippen LogP contribution < -0.4 is 5.32 Å². The topological polar surface area (TPSA) is 15.3 Å². The molecule has 1 saturated carbocycles. The second-order valence-electron chi connectivity index (χ2n) is 6.63. The SMILES string of the molecule is CCC1(CC)CN(CC2CCCC2)C(C)CCN1. The van der Waals surface area contributed by atoms with E-state index < -0.39 is 0 Å². The Labute approximate surface area is 114 Å². The van der Waals surface area contributed by atoms with E-state index in [0.29, 0.717) is 5.54 Å². The maximum atomic E-state index is 3.84. The summed E-state index contributed by atoms with van der Waals surface area (Å²) in [5.74, 6) is 0.983. The van der Waals surface area contributed by atoms with Gasteiger partial charge in [-0.25, -0.2) is 0 Å². The molecule has 106 valence electrons. The van der Waals surface area contributed by atoms with E-state index in [1.54, 1.807) is 0 Å². The Balaban J connectivity index is 2.00. The molecule has 1 atom stereocenters. The van der Waals surface area contributed by atoms with Crippen LogP contribution in [0.1, 0.15) is 65.7 Å². The van der Waals surface area contributed by atoms with Gasteiger partial charge in [0.1, 0.15) is 0 Å². The molecule has 0 aromatic carbocycles. The molecule has 1 unspecified atom stereocenters. The highest BCUT2D eigenvalue weighted by atomic mass is 15.2. The van der Waals surface area contributed by atoms with E-state index in [2.05, 4.69) is 31.0 Å². The Hall–Kier alpha value is -0.0800. The minimum atomic E-state index is 0.378. The van der Waals surface area contributed by atoms with Crippen molar-refractivity contribution in [3.8, 4) is 0 Å². The van der Waals surface area contributed by atoms with E-state index in [1.165, 1.54) is 64.6 Å². The fraction of sp³-hybridized carbons (Fsp3) is 1.00. The van der Waals surface area contributed by atoms with Gasteiger partial charge in [0, 0.05) is 24.7 Å². The summed E-state index contributed by atoms with van der Waals surface area (Å²) in [6.07, 6.45) is 9.72. The van der Waals surface area contributed by atoms with Crippen LogP contribution in [-0.4, -0.2) is 36.1 Å². The molecule has 0 aromatic heterocycles. The van der Waals surface area contributed by atoms with Crippen molar-refractivity contribution >= 4 is 0 Å². The van der Waals surface area contributed by atoms with Crippen molar-refractivity contribution in [2.24, 2.45) is 5.92 Å². The lowest BCUT2D eigenvalue weighted by Crippen LogP contribution is -2.52. The summed E-state index contributed by atoms with van der Waals surface area (Å²) in [6.45, 7) is 10.9. The van der Waals surface area contributed by atoms with E-state index in [4.69, 9.17) is 0 Å². The molecule has 1 aliphatic carbocycles. The standard InChI is InChI=1S/C16H32N2/c1-4-16(5-2)13-18(14(3)10-11-17-16)12-15-8-6-7-9-15/h14-15,17H,4-13H2,1-3H3. The zero-order valence-electron chi connectivity index (χ0n) is 12.7. The third-order valence-corrected chi connectivity index (χ3v) is 5.51. The van der Waals surface area contributed by atoms with Crippen LogP contribution in [0.3, 0.4) is 0 Å². The number of nitrogens with zero attached hydrogens (tertiary/aromatic N) is 1. The molecule has 2 rings (SSSR count). The van der Waals surface area contributed by atoms with Crippen molar-refractivity contribution in [3.05, 3.63) is 0 Å². The predicted octanol–water partition coefficient (Wildman–Crippen LogP) is 3.42. The third-order valence-electron chi connectivity index (χ3n) is 5.51. The van der Waals surface area contributed by atoms with Crippen LogP contribution in [0.15, 0.2) is 0 Å². The maximum Gasteiger partial charge on any atom is 0.0303 e. The molecular weight excluding hydrogens is 220 g/mol. The van der Waals surface area contributed by atoms with Gasteiger partial charge in [-0.05, 0) is 51.5 Å². The molecule has 0 spiro atoms. The Bertz CT molecular complexity index is 241. The molecule has 2 nitrogen and oxygen atoms in total. The first-order valence-corrected chi connectivity index (χ1v) is 8.18. The molecule has 2 heteroatoms. The summed E-state index contributed by atoms with van der Waals surface area (Å²) in [4.78, 5) is 2.79. The summed E-state index contributed by atoms with van der Waals surface area (Å²) in [5, 5.41) is 3.84. The number of hydrogen-bond donors (Lipinski definition) is 1. The van der Waals surface area contributed by atoms with Crippen LogP contribution in [-0.2, 0) is 0 Å². The Morgan fingerprint density at radius 3 is 2.39 bits per heavy atom. The zero-order chi connectivity index (χ0) is 13.0. The number of rotatable bonds is 4. The minimum Gasteiger partial charge on any atom is -0.310 e. The molecule has 2 fully saturated rings. The van der Waals surface area contributed by atoms with Crippen LogP contribution >= 0.6 is 0 Å². The summed E-state index contributed by atoms with van der Waals surface area (Å²) in [6, 6.07) is 0.762. The van der Waals surface area contributed by atoms with Crippen molar-refractivity contribution in [1.82, 2.24) is 10.2 Å². The maximum absolute atomic E-state index is 3.84. The van der Waals surface area contributed by atoms with Crippen molar-refractivity contribution < 1.29 is 0 Å². The third kappa shape index (κ3) is 3.27. The summed E-state index contributed by atoms with van der Waals surface area (Å²) >= 11 is 0. The van der Waals surface area contributed by atoms with Crippen LogP contribution in [0.5, 0.6) is 0 Å². The van der Waals surface area contributed by atoms with E-state index in [9.17, 15) is 0 Å². The molecule has 0 amide bonds. The van der Waals surface area contributed by atoms with Crippen LogP contribution in [0.25, 0.3) is 0 Å². The van der Waals surface area contributed by atoms with Gasteiger partial charge in [0.15, 0.2) is 0 Å². The summed E-state index contributed by atoms with van der Waals surface area (Å²) < 4.78 is 0. The van der Waals surface area contributed by atoms with E-state index in [0.717, 1.165) is 12.0 Å². The first-order chi connectivity index (χ1) is 8.69. The highest BCUT2D eigenvalue weighted by Crippen LogP contribution is 2.29. The van der Waals surface area contributed by atoms with Gasteiger partial charge in [0.2, 0.25) is 0 Å². The second-order valence-corrected chi connectivity index (χ2v) is 6.63. The molecular formula is C16H32N2.